The topological polar surface area (TPSA) is 62.2 Å². The Morgan fingerprint density at radius 1 is 1.03 bits per heavy atom. The SMILES string of the molecule is CN([C@H]1CCc2cc(I)ccc2O1)N(C[C@H]1CCc2cc(I)ccc2O1)C(=O)O. The van der Waals surface area contributed by atoms with Crippen LogP contribution in [0.4, 0.5) is 4.79 Å². The molecule has 2 atom stereocenters. The van der Waals surface area contributed by atoms with E-state index >= 15 is 0 Å². The van der Waals surface area contributed by atoms with Gasteiger partial charge in [0, 0.05) is 20.6 Å². The maximum atomic E-state index is 12.0. The first-order chi connectivity index (χ1) is 13.9. The number of carboxylic acid groups (broad SMARTS) is 1. The van der Waals surface area contributed by atoms with Crippen molar-refractivity contribution in [3.8, 4) is 11.5 Å². The number of amides is 1. The first-order valence-corrected chi connectivity index (χ1v) is 11.7. The van der Waals surface area contributed by atoms with Crippen LogP contribution in [0, 0.1) is 7.14 Å². The van der Waals surface area contributed by atoms with E-state index in [4.69, 9.17) is 9.47 Å². The van der Waals surface area contributed by atoms with Gasteiger partial charge in [-0.15, -0.1) is 0 Å². The van der Waals surface area contributed by atoms with Crippen molar-refractivity contribution in [3.05, 3.63) is 54.7 Å². The van der Waals surface area contributed by atoms with Gasteiger partial charge in [-0.3, -0.25) is 0 Å². The zero-order valence-electron chi connectivity index (χ0n) is 16.0. The molecule has 6 nitrogen and oxygen atoms in total. The minimum Gasteiger partial charge on any atom is -0.488 e. The summed E-state index contributed by atoms with van der Waals surface area (Å²) in [6.07, 6.45) is 1.77. The highest BCUT2D eigenvalue weighted by Crippen LogP contribution is 2.32. The number of hydrogen-bond donors (Lipinski definition) is 1. The molecule has 0 spiro atoms. The molecule has 0 bridgehead atoms. The monoisotopic (exact) mass is 620 g/mol. The van der Waals surface area contributed by atoms with E-state index in [1.165, 1.54) is 23.3 Å². The Balaban J connectivity index is 1.44. The van der Waals surface area contributed by atoms with Crippen LogP contribution >= 0.6 is 45.2 Å². The van der Waals surface area contributed by atoms with Crippen LogP contribution in [-0.4, -0.2) is 47.1 Å². The first kappa shape index (κ1) is 21.0. The van der Waals surface area contributed by atoms with Crippen molar-refractivity contribution >= 4 is 51.3 Å². The largest absolute Gasteiger partial charge is 0.488 e. The van der Waals surface area contributed by atoms with E-state index in [1.54, 1.807) is 12.1 Å². The molecule has 0 aliphatic carbocycles. The lowest BCUT2D eigenvalue weighted by Gasteiger charge is -2.40. The van der Waals surface area contributed by atoms with Gasteiger partial charge in [0.05, 0.1) is 6.54 Å². The summed E-state index contributed by atoms with van der Waals surface area (Å²) in [5.74, 6) is 1.68. The number of halogens is 2. The van der Waals surface area contributed by atoms with Crippen LogP contribution in [0.15, 0.2) is 36.4 Å². The number of aryl methyl sites for hydroxylation is 2. The van der Waals surface area contributed by atoms with Crippen molar-refractivity contribution in [3.63, 3.8) is 0 Å². The second-order valence-electron chi connectivity index (χ2n) is 7.33. The molecule has 2 aliphatic heterocycles. The van der Waals surface area contributed by atoms with Gasteiger partial charge in [-0.1, -0.05) is 0 Å². The summed E-state index contributed by atoms with van der Waals surface area (Å²) in [7, 11) is 1.77. The first-order valence-electron chi connectivity index (χ1n) is 9.54. The van der Waals surface area contributed by atoms with E-state index in [0.29, 0.717) is 0 Å². The molecule has 2 aliphatic rings. The fourth-order valence-corrected chi connectivity index (χ4v) is 4.95. The normalized spacial score (nSPS) is 20.3. The summed E-state index contributed by atoms with van der Waals surface area (Å²) in [6.45, 7) is 0.274. The number of carbonyl (C=O) groups is 1. The second kappa shape index (κ2) is 8.84. The zero-order valence-corrected chi connectivity index (χ0v) is 20.3. The molecule has 154 valence electrons. The summed E-state index contributed by atoms with van der Waals surface area (Å²) in [5.41, 5.74) is 2.36. The molecule has 0 fully saturated rings. The number of rotatable bonds is 4. The molecule has 2 aromatic carbocycles. The number of nitrogens with zero attached hydrogens (tertiary/aromatic N) is 2. The maximum Gasteiger partial charge on any atom is 0.422 e. The van der Waals surface area contributed by atoms with Crippen LogP contribution in [0.25, 0.3) is 0 Å². The average Bonchev–Trinajstić information content (AvgIpc) is 2.71. The van der Waals surface area contributed by atoms with Gasteiger partial charge < -0.3 is 14.6 Å². The Labute approximate surface area is 197 Å². The Morgan fingerprint density at radius 3 is 2.24 bits per heavy atom. The Morgan fingerprint density at radius 2 is 1.62 bits per heavy atom. The molecule has 0 unspecified atom stereocenters. The Kier molecular flexibility index (Phi) is 6.40. The molecular weight excluding hydrogens is 598 g/mol. The number of benzene rings is 2. The lowest BCUT2D eigenvalue weighted by Crippen LogP contribution is -2.55. The lowest BCUT2D eigenvalue weighted by molar-refractivity contribution is -0.110. The van der Waals surface area contributed by atoms with E-state index in [0.717, 1.165) is 37.2 Å². The van der Waals surface area contributed by atoms with Crippen LogP contribution in [-0.2, 0) is 12.8 Å². The molecule has 29 heavy (non-hydrogen) atoms. The molecule has 0 radical (unpaired) electrons. The highest BCUT2D eigenvalue weighted by atomic mass is 127. The minimum atomic E-state index is -0.999. The maximum absolute atomic E-state index is 12.0. The van der Waals surface area contributed by atoms with Crippen LogP contribution in [0.2, 0.25) is 0 Å². The molecule has 2 aromatic rings. The number of hydrazine groups is 1. The molecule has 0 saturated heterocycles. The van der Waals surface area contributed by atoms with Crippen molar-refractivity contribution in [1.29, 1.82) is 0 Å². The van der Waals surface area contributed by atoms with Crippen LogP contribution in [0.5, 0.6) is 11.5 Å². The highest BCUT2D eigenvalue weighted by molar-refractivity contribution is 14.1. The Hall–Kier alpha value is -1.27. The van der Waals surface area contributed by atoms with Crippen LogP contribution in [0.3, 0.4) is 0 Å². The van der Waals surface area contributed by atoms with Gasteiger partial charge >= 0.3 is 6.09 Å². The summed E-state index contributed by atoms with van der Waals surface area (Å²) >= 11 is 4.58. The average molecular weight is 620 g/mol. The third kappa shape index (κ3) is 4.74. The van der Waals surface area contributed by atoms with Crippen molar-refractivity contribution < 1.29 is 19.4 Å². The molecule has 0 saturated carbocycles. The highest BCUT2D eigenvalue weighted by Gasteiger charge is 2.32. The summed E-state index contributed by atoms with van der Waals surface area (Å²) < 4.78 is 14.6. The predicted octanol–water partition coefficient (Wildman–Crippen LogP) is 4.77. The van der Waals surface area contributed by atoms with Gasteiger partial charge in [0.25, 0.3) is 0 Å². The molecule has 1 amide bonds. The molecule has 2 heterocycles. The quantitative estimate of drug-likeness (QED) is 0.395. The van der Waals surface area contributed by atoms with E-state index in [-0.39, 0.29) is 18.9 Å². The zero-order chi connectivity index (χ0) is 20.5. The van der Waals surface area contributed by atoms with Crippen LogP contribution < -0.4 is 9.47 Å². The van der Waals surface area contributed by atoms with Gasteiger partial charge in [-0.25, -0.2) is 9.80 Å². The van der Waals surface area contributed by atoms with Gasteiger partial charge in [-0.05, 0) is 112 Å². The third-order valence-electron chi connectivity index (χ3n) is 5.39. The fourth-order valence-electron chi connectivity index (χ4n) is 3.84. The number of hydrogen-bond acceptors (Lipinski definition) is 4. The van der Waals surface area contributed by atoms with Crippen molar-refractivity contribution in [2.75, 3.05) is 13.6 Å². The van der Waals surface area contributed by atoms with E-state index < -0.39 is 6.09 Å². The summed E-state index contributed by atoms with van der Waals surface area (Å²) in [5, 5.41) is 12.9. The van der Waals surface area contributed by atoms with Gasteiger partial charge in [0.2, 0.25) is 0 Å². The summed E-state index contributed by atoms with van der Waals surface area (Å²) in [4.78, 5) is 12.0. The smallest absolute Gasteiger partial charge is 0.422 e. The van der Waals surface area contributed by atoms with Gasteiger partial charge in [0.15, 0.2) is 6.23 Å². The molecule has 1 N–H and O–H groups in total. The Bertz CT molecular complexity index is 924. The predicted molar refractivity (Wildman–Crippen MR) is 126 cm³/mol. The summed E-state index contributed by atoms with van der Waals surface area (Å²) in [6, 6.07) is 12.2. The van der Waals surface area contributed by atoms with Gasteiger partial charge in [0.1, 0.15) is 17.6 Å². The van der Waals surface area contributed by atoms with Crippen molar-refractivity contribution in [2.45, 2.75) is 38.0 Å². The van der Waals surface area contributed by atoms with Crippen molar-refractivity contribution in [1.82, 2.24) is 10.0 Å². The van der Waals surface area contributed by atoms with Crippen LogP contribution in [0.1, 0.15) is 24.0 Å². The van der Waals surface area contributed by atoms with Crippen molar-refractivity contribution in [2.24, 2.45) is 0 Å². The standard InChI is InChI=1S/C21H22I2N2O4/c1-24(20-9-3-14-11-16(23)5-8-19(14)29-20)25(21(26)27)12-17-6-2-13-10-15(22)4-7-18(13)28-17/h4-5,7-8,10-11,17,20H,2-3,6,9,12H2,1H3,(H,26,27)/t17-,20-/m1/s1. The van der Waals surface area contributed by atoms with E-state index in [1.807, 2.05) is 24.3 Å². The van der Waals surface area contributed by atoms with Gasteiger partial charge in [-0.2, -0.15) is 5.01 Å². The molecular formula is C21H22I2N2O4. The number of fused-ring (bicyclic) bond motifs is 2. The lowest BCUT2D eigenvalue weighted by atomic mass is 10.0. The molecule has 8 heteroatoms. The van der Waals surface area contributed by atoms with E-state index in [9.17, 15) is 9.90 Å². The second-order valence-corrected chi connectivity index (χ2v) is 9.82. The minimum absolute atomic E-state index is 0.182. The molecule has 4 rings (SSSR count). The molecule has 0 aromatic heterocycles. The van der Waals surface area contributed by atoms with E-state index in [2.05, 4.69) is 57.3 Å². The third-order valence-corrected chi connectivity index (χ3v) is 6.73. The fraction of sp³-hybridized carbons (Fsp3) is 0.381. The number of ether oxygens (including phenoxy) is 2.